The lowest BCUT2D eigenvalue weighted by Gasteiger charge is -2.31. The standard InChI is InChI=1S/C31H58N2.BrH.HI/c1-4-5-6-7-8-9-10-11-12-13-14-15-16-17-18-19-20-21-26-32-27-22-24-30(29-32)31-25-23-28-33(31,2)3;;/h22,24,27,29,31H,4-21,23,25-26,28H2,1-3H3;2*1H/q+2;;/p-2/t31-;;/m0../s1. The Kier molecular flexibility index (Phi) is 22.5. The second-order valence-electron chi connectivity index (χ2n) is 11.5. The second kappa shape index (κ2) is 22.3. The van der Waals surface area contributed by atoms with Crippen LogP contribution in [0.1, 0.15) is 147 Å². The largest absolute Gasteiger partial charge is 1.00 e. The average Bonchev–Trinajstić information content (AvgIpc) is 3.17. The summed E-state index contributed by atoms with van der Waals surface area (Å²) in [6, 6.07) is 5.31. The number of aromatic nitrogens is 1. The van der Waals surface area contributed by atoms with E-state index in [1.807, 2.05) is 0 Å². The fourth-order valence-corrected chi connectivity index (χ4v) is 5.84. The minimum absolute atomic E-state index is 0. The maximum Gasteiger partial charge on any atom is 0.177 e. The molecule has 2 rings (SSSR count). The van der Waals surface area contributed by atoms with Crippen LogP contribution in [-0.2, 0) is 6.54 Å². The van der Waals surface area contributed by atoms with Crippen molar-refractivity contribution in [3.05, 3.63) is 30.1 Å². The van der Waals surface area contributed by atoms with Gasteiger partial charge in [-0.25, -0.2) is 4.57 Å². The van der Waals surface area contributed by atoms with Crippen LogP contribution in [0, 0.1) is 0 Å². The molecular weight excluding hydrogens is 607 g/mol. The van der Waals surface area contributed by atoms with Gasteiger partial charge in [-0.2, -0.15) is 0 Å². The Labute approximate surface area is 247 Å². The predicted molar refractivity (Wildman–Crippen MR) is 144 cm³/mol. The van der Waals surface area contributed by atoms with Crippen molar-refractivity contribution in [2.24, 2.45) is 0 Å². The molecule has 4 heteroatoms. The minimum atomic E-state index is 0. The molecule has 1 fully saturated rings. The SMILES string of the molecule is CCCCCCCCCCCCCCCCCCCC[n+]1cccc([C@@H]2CCC[N+]2(C)C)c1.[Br-].[I-]. The van der Waals surface area contributed by atoms with E-state index in [0.29, 0.717) is 6.04 Å². The number of likely N-dealkylation sites (tertiary alicyclic amines) is 1. The van der Waals surface area contributed by atoms with E-state index in [1.165, 1.54) is 142 Å². The van der Waals surface area contributed by atoms with Crippen LogP contribution >= 0.6 is 0 Å². The molecule has 0 saturated carbocycles. The van der Waals surface area contributed by atoms with E-state index in [0.717, 1.165) is 4.48 Å². The van der Waals surface area contributed by atoms with Gasteiger partial charge in [-0.15, -0.1) is 0 Å². The number of aryl methyl sites for hydroxylation is 1. The van der Waals surface area contributed by atoms with E-state index in [9.17, 15) is 0 Å². The molecule has 1 atom stereocenters. The number of hydrogen-bond acceptors (Lipinski definition) is 0. The van der Waals surface area contributed by atoms with Gasteiger partial charge in [0.1, 0.15) is 12.6 Å². The summed E-state index contributed by atoms with van der Waals surface area (Å²) in [6.45, 7) is 4.81. The van der Waals surface area contributed by atoms with E-state index in [1.54, 1.807) is 5.56 Å². The van der Waals surface area contributed by atoms with Crippen molar-refractivity contribution in [3.63, 3.8) is 0 Å². The molecule has 206 valence electrons. The summed E-state index contributed by atoms with van der Waals surface area (Å²) < 4.78 is 3.60. The van der Waals surface area contributed by atoms with Gasteiger partial charge in [-0.05, 0) is 12.5 Å². The lowest BCUT2D eigenvalue weighted by atomic mass is 10.0. The van der Waals surface area contributed by atoms with Gasteiger partial charge in [0.15, 0.2) is 12.4 Å². The Morgan fingerprint density at radius 3 is 1.63 bits per heavy atom. The number of pyridine rings is 1. The first-order valence-electron chi connectivity index (χ1n) is 14.9. The summed E-state index contributed by atoms with van der Waals surface area (Å²) in [6.07, 6.45) is 33.4. The van der Waals surface area contributed by atoms with Gasteiger partial charge in [0.25, 0.3) is 0 Å². The van der Waals surface area contributed by atoms with Crippen LogP contribution in [0.3, 0.4) is 0 Å². The van der Waals surface area contributed by atoms with E-state index in [-0.39, 0.29) is 41.0 Å². The summed E-state index contributed by atoms with van der Waals surface area (Å²) in [7, 11) is 4.79. The molecule has 1 saturated heterocycles. The van der Waals surface area contributed by atoms with Gasteiger partial charge in [-0.1, -0.05) is 110 Å². The quantitative estimate of drug-likeness (QED) is 0.0874. The van der Waals surface area contributed by atoms with Crippen molar-refractivity contribution < 1.29 is 50.0 Å². The molecular formula is C31H58BrIN2. The van der Waals surface area contributed by atoms with Crippen LogP contribution in [0.15, 0.2) is 24.5 Å². The zero-order valence-corrected chi connectivity index (χ0v) is 27.3. The van der Waals surface area contributed by atoms with Crippen LogP contribution in [0.2, 0.25) is 0 Å². The molecule has 1 aromatic heterocycles. The molecule has 0 amide bonds. The van der Waals surface area contributed by atoms with Gasteiger partial charge in [0.2, 0.25) is 0 Å². The average molecular weight is 666 g/mol. The number of unbranched alkanes of at least 4 members (excludes halogenated alkanes) is 17. The highest BCUT2D eigenvalue weighted by atomic mass is 127. The Morgan fingerprint density at radius 1 is 0.743 bits per heavy atom. The summed E-state index contributed by atoms with van der Waals surface area (Å²) in [4.78, 5) is 0. The van der Waals surface area contributed by atoms with Crippen molar-refractivity contribution in [2.75, 3.05) is 20.6 Å². The summed E-state index contributed by atoms with van der Waals surface area (Å²) in [5, 5.41) is 0. The topological polar surface area (TPSA) is 3.88 Å². The van der Waals surface area contributed by atoms with Crippen molar-refractivity contribution in [1.29, 1.82) is 0 Å². The number of hydrogen-bond donors (Lipinski definition) is 0. The molecule has 1 aromatic rings. The van der Waals surface area contributed by atoms with E-state index in [2.05, 4.69) is 50.1 Å². The molecule has 0 radical (unpaired) electrons. The van der Waals surface area contributed by atoms with Crippen LogP contribution < -0.4 is 45.5 Å². The van der Waals surface area contributed by atoms with Crippen molar-refractivity contribution in [2.45, 2.75) is 148 Å². The lowest BCUT2D eigenvalue weighted by Crippen LogP contribution is -3.00. The zero-order chi connectivity index (χ0) is 23.6. The molecule has 35 heavy (non-hydrogen) atoms. The van der Waals surface area contributed by atoms with E-state index < -0.39 is 0 Å². The maximum atomic E-state index is 2.44. The highest BCUT2D eigenvalue weighted by Crippen LogP contribution is 2.35. The summed E-state index contributed by atoms with van der Waals surface area (Å²) in [5.41, 5.74) is 1.54. The normalized spacial score (nSPS) is 16.6. The van der Waals surface area contributed by atoms with Gasteiger partial charge in [0, 0.05) is 25.3 Å². The van der Waals surface area contributed by atoms with E-state index >= 15 is 0 Å². The first-order valence-corrected chi connectivity index (χ1v) is 14.9. The van der Waals surface area contributed by atoms with Gasteiger partial charge < -0.3 is 45.4 Å². The highest BCUT2D eigenvalue weighted by Gasteiger charge is 2.36. The monoisotopic (exact) mass is 664 g/mol. The molecule has 0 N–H and O–H groups in total. The molecule has 0 bridgehead atoms. The maximum absolute atomic E-state index is 2.44. The third-order valence-electron chi connectivity index (χ3n) is 8.09. The molecule has 1 aliphatic rings. The molecule has 0 aromatic carbocycles. The highest BCUT2D eigenvalue weighted by molar-refractivity contribution is 5.10. The molecule has 0 aliphatic carbocycles. The molecule has 0 unspecified atom stereocenters. The predicted octanol–water partition coefficient (Wildman–Crippen LogP) is 2.94. The Bertz CT molecular complexity index is 607. The van der Waals surface area contributed by atoms with Crippen molar-refractivity contribution in [3.8, 4) is 0 Å². The third kappa shape index (κ3) is 16.0. The molecule has 2 nitrogen and oxygen atoms in total. The van der Waals surface area contributed by atoms with Crippen molar-refractivity contribution in [1.82, 2.24) is 0 Å². The first kappa shape index (κ1) is 35.3. The molecule has 2 heterocycles. The van der Waals surface area contributed by atoms with Crippen LogP contribution in [0.25, 0.3) is 0 Å². The summed E-state index contributed by atoms with van der Waals surface area (Å²) in [5.74, 6) is 0. The van der Waals surface area contributed by atoms with Crippen LogP contribution in [0.5, 0.6) is 0 Å². The number of halogens is 2. The Balaban J connectivity index is 0.00000578. The number of rotatable bonds is 20. The fraction of sp³-hybridized carbons (Fsp3) is 0.839. The van der Waals surface area contributed by atoms with Gasteiger partial charge in [-0.3, -0.25) is 0 Å². The third-order valence-corrected chi connectivity index (χ3v) is 8.09. The molecule has 0 spiro atoms. The smallest absolute Gasteiger partial charge is 0.177 e. The number of nitrogens with zero attached hydrogens (tertiary/aromatic N) is 2. The lowest BCUT2D eigenvalue weighted by molar-refractivity contribution is -0.908. The van der Waals surface area contributed by atoms with Crippen LogP contribution in [0.4, 0.5) is 0 Å². The zero-order valence-electron chi connectivity index (χ0n) is 23.6. The second-order valence-corrected chi connectivity index (χ2v) is 11.5. The fourth-order valence-electron chi connectivity index (χ4n) is 5.84. The molecule has 1 aliphatic heterocycles. The number of quaternary nitrogens is 1. The Hall–Kier alpha value is 0.320. The van der Waals surface area contributed by atoms with Crippen molar-refractivity contribution >= 4 is 0 Å². The van der Waals surface area contributed by atoms with Gasteiger partial charge in [0.05, 0.1) is 26.2 Å². The van der Waals surface area contributed by atoms with E-state index in [4.69, 9.17) is 0 Å². The minimum Gasteiger partial charge on any atom is -1.00 e. The van der Waals surface area contributed by atoms with Crippen LogP contribution in [-0.4, -0.2) is 25.1 Å². The van der Waals surface area contributed by atoms with Gasteiger partial charge >= 0.3 is 0 Å². The Morgan fingerprint density at radius 2 is 1.20 bits per heavy atom. The first-order chi connectivity index (χ1) is 16.1. The summed E-state index contributed by atoms with van der Waals surface area (Å²) >= 11 is 0.